The van der Waals surface area contributed by atoms with Crippen LogP contribution in [0.25, 0.3) is 10.7 Å². The van der Waals surface area contributed by atoms with Crippen molar-refractivity contribution < 1.29 is 19.2 Å². The minimum Gasteiger partial charge on any atom is -0.481 e. The lowest BCUT2D eigenvalue weighted by atomic mass is 10.1. The number of carboxylic acids is 1. The van der Waals surface area contributed by atoms with Gasteiger partial charge in [-0.3, -0.25) is 9.59 Å². The molecule has 0 aliphatic heterocycles. The second kappa shape index (κ2) is 9.31. The van der Waals surface area contributed by atoms with Crippen molar-refractivity contribution in [3.63, 3.8) is 0 Å². The molecule has 25 heavy (non-hydrogen) atoms. The third-order valence-electron chi connectivity index (χ3n) is 3.52. The molecular formula is C17H23N3O4S. The monoisotopic (exact) mass is 365 g/mol. The van der Waals surface area contributed by atoms with E-state index in [2.05, 4.69) is 10.1 Å². The zero-order chi connectivity index (χ0) is 18.2. The number of carbonyl (C=O) groups is 2. The minimum absolute atomic E-state index is 0.0343. The second-order valence-corrected chi connectivity index (χ2v) is 7.17. The Bertz CT molecular complexity index is 682. The van der Waals surface area contributed by atoms with Crippen molar-refractivity contribution in [1.82, 2.24) is 15.0 Å². The van der Waals surface area contributed by atoms with Crippen LogP contribution in [0.5, 0.6) is 0 Å². The first kappa shape index (κ1) is 19.1. The molecule has 1 N–H and O–H groups in total. The third kappa shape index (κ3) is 6.30. The van der Waals surface area contributed by atoms with E-state index in [4.69, 9.17) is 9.63 Å². The lowest BCUT2D eigenvalue weighted by molar-refractivity contribution is -0.138. The Morgan fingerprint density at radius 2 is 2.16 bits per heavy atom. The van der Waals surface area contributed by atoms with Crippen LogP contribution < -0.4 is 0 Å². The smallest absolute Gasteiger partial charge is 0.305 e. The Morgan fingerprint density at radius 1 is 1.36 bits per heavy atom. The fourth-order valence-corrected chi connectivity index (χ4v) is 3.05. The van der Waals surface area contributed by atoms with Crippen molar-refractivity contribution in [2.24, 2.45) is 5.92 Å². The highest BCUT2D eigenvalue weighted by Crippen LogP contribution is 2.21. The molecule has 2 heterocycles. The van der Waals surface area contributed by atoms with Crippen LogP contribution >= 0.6 is 11.3 Å². The highest BCUT2D eigenvalue weighted by atomic mass is 32.1. The van der Waals surface area contributed by atoms with Gasteiger partial charge in [-0.1, -0.05) is 25.1 Å². The summed E-state index contributed by atoms with van der Waals surface area (Å²) in [5.74, 6) is 0.444. The van der Waals surface area contributed by atoms with Gasteiger partial charge in [-0.05, 0) is 23.8 Å². The maximum atomic E-state index is 12.3. The Morgan fingerprint density at radius 3 is 2.80 bits per heavy atom. The Labute approximate surface area is 150 Å². The average molecular weight is 365 g/mol. The molecule has 0 saturated carbocycles. The molecule has 136 valence electrons. The molecule has 0 radical (unpaired) electrons. The molecule has 0 aliphatic rings. The quantitative estimate of drug-likeness (QED) is 0.695. The Kier molecular flexibility index (Phi) is 7.12. The summed E-state index contributed by atoms with van der Waals surface area (Å²) in [5.41, 5.74) is 0. The molecule has 8 heteroatoms. The molecule has 0 bridgehead atoms. The molecule has 1 amide bonds. The van der Waals surface area contributed by atoms with Crippen LogP contribution in [0.15, 0.2) is 22.0 Å². The molecule has 2 rings (SSSR count). The second-order valence-electron chi connectivity index (χ2n) is 6.22. The molecule has 2 aromatic heterocycles. The number of amides is 1. The van der Waals surface area contributed by atoms with Crippen LogP contribution in [-0.4, -0.2) is 45.1 Å². The zero-order valence-corrected chi connectivity index (χ0v) is 15.3. The van der Waals surface area contributed by atoms with Gasteiger partial charge in [-0.2, -0.15) is 4.98 Å². The van der Waals surface area contributed by atoms with Gasteiger partial charge in [0.1, 0.15) is 0 Å². The van der Waals surface area contributed by atoms with E-state index in [1.165, 1.54) is 0 Å². The average Bonchev–Trinajstić information content (AvgIpc) is 3.21. The van der Waals surface area contributed by atoms with Crippen molar-refractivity contribution in [3.05, 3.63) is 23.4 Å². The molecule has 0 spiro atoms. The number of carboxylic acid groups (broad SMARTS) is 1. The molecule has 0 saturated heterocycles. The van der Waals surface area contributed by atoms with E-state index in [9.17, 15) is 9.59 Å². The number of hydrogen-bond acceptors (Lipinski definition) is 6. The van der Waals surface area contributed by atoms with E-state index in [-0.39, 0.29) is 18.9 Å². The number of thiophene rings is 1. The molecule has 0 atom stereocenters. The van der Waals surface area contributed by atoms with Gasteiger partial charge in [0.2, 0.25) is 17.6 Å². The maximum Gasteiger partial charge on any atom is 0.305 e. The van der Waals surface area contributed by atoms with Crippen molar-refractivity contribution in [2.45, 2.75) is 39.5 Å². The topological polar surface area (TPSA) is 96.5 Å². The predicted octanol–water partition coefficient (Wildman–Crippen LogP) is 3.08. The molecule has 0 aromatic carbocycles. The van der Waals surface area contributed by atoms with E-state index in [0.717, 1.165) is 4.88 Å². The van der Waals surface area contributed by atoms with Gasteiger partial charge in [0.05, 0.1) is 11.3 Å². The van der Waals surface area contributed by atoms with E-state index in [0.29, 0.717) is 43.4 Å². The van der Waals surface area contributed by atoms with Gasteiger partial charge in [0.25, 0.3) is 0 Å². The van der Waals surface area contributed by atoms with Gasteiger partial charge in [-0.25, -0.2) is 0 Å². The predicted molar refractivity (Wildman–Crippen MR) is 94.2 cm³/mol. The lowest BCUT2D eigenvalue weighted by Gasteiger charge is -2.24. The van der Waals surface area contributed by atoms with Gasteiger partial charge in [0.15, 0.2) is 0 Å². The summed E-state index contributed by atoms with van der Waals surface area (Å²) in [6.45, 7) is 4.82. The van der Waals surface area contributed by atoms with Gasteiger partial charge >= 0.3 is 5.97 Å². The molecule has 0 aliphatic carbocycles. The zero-order valence-electron chi connectivity index (χ0n) is 14.5. The largest absolute Gasteiger partial charge is 0.481 e. The number of nitrogens with zero attached hydrogens (tertiary/aromatic N) is 3. The van der Waals surface area contributed by atoms with E-state index in [1.807, 2.05) is 31.4 Å². The Hall–Kier alpha value is -2.22. The molecular weight excluding hydrogens is 342 g/mol. The van der Waals surface area contributed by atoms with Gasteiger partial charge in [0, 0.05) is 25.9 Å². The first-order valence-electron chi connectivity index (χ1n) is 8.31. The summed E-state index contributed by atoms with van der Waals surface area (Å²) in [6, 6.07) is 3.85. The standard InChI is InChI=1S/C17H23N3O4S/c1-12(2)11-20(9-8-16(22)23)15(21)7-3-6-14-18-17(19-24-14)13-5-4-10-25-13/h4-5,10,12H,3,6-9,11H2,1-2H3,(H,22,23). The number of aliphatic carboxylic acids is 1. The van der Waals surface area contributed by atoms with Crippen LogP contribution in [-0.2, 0) is 16.0 Å². The normalized spacial score (nSPS) is 11.0. The summed E-state index contributed by atoms with van der Waals surface area (Å²) in [5, 5.41) is 14.7. The van der Waals surface area contributed by atoms with Crippen LogP contribution in [0.3, 0.4) is 0 Å². The van der Waals surface area contributed by atoms with Crippen LogP contribution in [0, 0.1) is 5.92 Å². The highest BCUT2D eigenvalue weighted by molar-refractivity contribution is 7.13. The maximum absolute atomic E-state index is 12.3. The first-order valence-corrected chi connectivity index (χ1v) is 9.19. The van der Waals surface area contributed by atoms with Gasteiger partial charge in [-0.15, -0.1) is 11.3 Å². The van der Waals surface area contributed by atoms with E-state index < -0.39 is 5.97 Å². The third-order valence-corrected chi connectivity index (χ3v) is 4.39. The number of rotatable bonds is 10. The van der Waals surface area contributed by atoms with E-state index >= 15 is 0 Å². The van der Waals surface area contributed by atoms with E-state index in [1.54, 1.807) is 16.2 Å². The molecule has 0 fully saturated rings. The number of hydrogen-bond donors (Lipinski definition) is 1. The summed E-state index contributed by atoms with van der Waals surface area (Å²) < 4.78 is 5.22. The van der Waals surface area contributed by atoms with Crippen molar-refractivity contribution in [3.8, 4) is 10.7 Å². The Balaban J connectivity index is 1.82. The molecule has 2 aromatic rings. The highest BCUT2D eigenvalue weighted by Gasteiger charge is 2.17. The summed E-state index contributed by atoms with van der Waals surface area (Å²) in [7, 11) is 0. The summed E-state index contributed by atoms with van der Waals surface area (Å²) >= 11 is 1.54. The minimum atomic E-state index is -0.895. The van der Waals surface area contributed by atoms with Crippen LogP contribution in [0.2, 0.25) is 0 Å². The molecule has 7 nitrogen and oxygen atoms in total. The number of carbonyl (C=O) groups excluding carboxylic acids is 1. The fourth-order valence-electron chi connectivity index (χ4n) is 2.40. The molecule has 0 unspecified atom stereocenters. The SMILES string of the molecule is CC(C)CN(CCC(=O)O)C(=O)CCCc1nc(-c2cccs2)no1. The van der Waals surface area contributed by atoms with Crippen molar-refractivity contribution in [2.75, 3.05) is 13.1 Å². The van der Waals surface area contributed by atoms with Crippen molar-refractivity contribution >= 4 is 23.2 Å². The van der Waals surface area contributed by atoms with Crippen molar-refractivity contribution in [1.29, 1.82) is 0 Å². The first-order chi connectivity index (χ1) is 12.0. The summed E-state index contributed by atoms with van der Waals surface area (Å²) in [6.07, 6.45) is 1.42. The number of aromatic nitrogens is 2. The number of aryl methyl sites for hydroxylation is 1. The fraction of sp³-hybridized carbons (Fsp3) is 0.529. The van der Waals surface area contributed by atoms with Crippen LogP contribution in [0.4, 0.5) is 0 Å². The van der Waals surface area contributed by atoms with Gasteiger partial charge < -0.3 is 14.5 Å². The summed E-state index contributed by atoms with van der Waals surface area (Å²) in [4.78, 5) is 30.0. The van der Waals surface area contributed by atoms with Crippen LogP contribution in [0.1, 0.15) is 39.0 Å². The lowest BCUT2D eigenvalue weighted by Crippen LogP contribution is -2.35.